The Bertz CT molecular complexity index is 1250. The summed E-state index contributed by atoms with van der Waals surface area (Å²) in [6.45, 7) is 4.40. The van der Waals surface area contributed by atoms with Crippen molar-refractivity contribution in [2.45, 2.75) is 39.3 Å². The van der Waals surface area contributed by atoms with E-state index in [0.29, 0.717) is 54.7 Å². The van der Waals surface area contributed by atoms with Crippen molar-refractivity contribution in [1.82, 2.24) is 30.0 Å². The summed E-state index contributed by atoms with van der Waals surface area (Å²) in [4.78, 5) is 31.9. The maximum atomic E-state index is 13.2. The zero-order chi connectivity index (χ0) is 23.7. The van der Waals surface area contributed by atoms with Gasteiger partial charge in [0.15, 0.2) is 5.82 Å². The van der Waals surface area contributed by atoms with Crippen LogP contribution in [-0.4, -0.2) is 56.8 Å². The van der Waals surface area contributed by atoms with E-state index >= 15 is 0 Å². The SMILES string of the molecule is CCNC(=O)N1CCc2cc(OC)c(C(=O)Nc3cccc(-c4nnc5n4CCC5)n3)cc2C1. The fourth-order valence-corrected chi connectivity index (χ4v) is 4.52. The number of nitrogens with zero attached hydrogens (tertiary/aromatic N) is 5. The maximum Gasteiger partial charge on any atom is 0.317 e. The van der Waals surface area contributed by atoms with Crippen molar-refractivity contribution in [3.8, 4) is 17.3 Å². The number of urea groups is 1. The predicted octanol–water partition coefficient (Wildman–Crippen LogP) is 2.63. The number of pyridine rings is 1. The van der Waals surface area contributed by atoms with Gasteiger partial charge in [-0.25, -0.2) is 9.78 Å². The molecular weight excluding hydrogens is 434 g/mol. The molecule has 2 aliphatic heterocycles. The molecule has 2 aliphatic rings. The molecule has 2 aromatic heterocycles. The smallest absolute Gasteiger partial charge is 0.317 e. The highest BCUT2D eigenvalue weighted by atomic mass is 16.5. The number of fused-ring (bicyclic) bond motifs is 2. The quantitative estimate of drug-likeness (QED) is 0.604. The van der Waals surface area contributed by atoms with E-state index in [1.165, 1.54) is 0 Å². The number of aryl methyl sites for hydroxylation is 1. The van der Waals surface area contributed by atoms with Crippen molar-refractivity contribution in [3.05, 3.63) is 52.8 Å². The van der Waals surface area contributed by atoms with E-state index < -0.39 is 0 Å². The predicted molar refractivity (Wildman–Crippen MR) is 126 cm³/mol. The first kappa shape index (κ1) is 21.9. The van der Waals surface area contributed by atoms with Crippen molar-refractivity contribution < 1.29 is 14.3 Å². The summed E-state index contributed by atoms with van der Waals surface area (Å²) in [5, 5.41) is 14.2. The third kappa shape index (κ3) is 4.07. The summed E-state index contributed by atoms with van der Waals surface area (Å²) >= 11 is 0. The molecule has 10 nitrogen and oxygen atoms in total. The van der Waals surface area contributed by atoms with Crippen LogP contribution in [0.15, 0.2) is 30.3 Å². The molecule has 10 heteroatoms. The van der Waals surface area contributed by atoms with Gasteiger partial charge in [-0.15, -0.1) is 10.2 Å². The molecule has 0 aliphatic carbocycles. The first-order valence-electron chi connectivity index (χ1n) is 11.5. The van der Waals surface area contributed by atoms with Gasteiger partial charge in [-0.2, -0.15) is 0 Å². The zero-order valence-corrected chi connectivity index (χ0v) is 19.3. The lowest BCUT2D eigenvalue weighted by atomic mass is 9.96. The number of amides is 3. The van der Waals surface area contributed by atoms with Gasteiger partial charge in [-0.05, 0) is 55.2 Å². The third-order valence-corrected chi connectivity index (χ3v) is 6.22. The lowest BCUT2D eigenvalue weighted by Crippen LogP contribution is -2.42. The van der Waals surface area contributed by atoms with Crippen LogP contribution in [0.25, 0.3) is 11.5 Å². The minimum Gasteiger partial charge on any atom is -0.496 e. The second kappa shape index (κ2) is 9.12. The number of carbonyl (C=O) groups is 2. The minimum absolute atomic E-state index is 0.101. The van der Waals surface area contributed by atoms with Crippen molar-refractivity contribution in [3.63, 3.8) is 0 Å². The number of methoxy groups -OCH3 is 1. The van der Waals surface area contributed by atoms with Gasteiger partial charge >= 0.3 is 6.03 Å². The third-order valence-electron chi connectivity index (χ3n) is 6.22. The van der Waals surface area contributed by atoms with Crippen LogP contribution in [0, 0.1) is 0 Å². The molecule has 5 rings (SSSR count). The van der Waals surface area contributed by atoms with Crippen molar-refractivity contribution in [2.75, 3.05) is 25.5 Å². The number of hydrogen-bond donors (Lipinski definition) is 2. The highest BCUT2D eigenvalue weighted by Gasteiger charge is 2.25. The standard InChI is InChI=1S/C24H27N7O3/c1-3-25-24(33)30-11-9-15-13-19(34-2)17(12-16(15)14-30)23(32)27-20-7-4-6-18(26-20)22-29-28-21-8-5-10-31(21)22/h4,6-7,12-13H,3,5,8-11,14H2,1-2H3,(H,25,33)(H,26,27,32). The van der Waals surface area contributed by atoms with E-state index in [1.54, 1.807) is 18.1 Å². The first-order valence-corrected chi connectivity index (χ1v) is 11.5. The van der Waals surface area contributed by atoms with Crippen molar-refractivity contribution in [1.29, 1.82) is 0 Å². The van der Waals surface area contributed by atoms with Crippen molar-refractivity contribution in [2.24, 2.45) is 0 Å². The molecule has 0 saturated heterocycles. The Hall–Kier alpha value is -3.95. The number of anilines is 1. The van der Waals surface area contributed by atoms with E-state index in [-0.39, 0.29) is 11.9 Å². The molecule has 0 unspecified atom stereocenters. The number of hydrogen-bond acceptors (Lipinski definition) is 6. The topological polar surface area (TPSA) is 114 Å². The average Bonchev–Trinajstić information content (AvgIpc) is 3.47. The van der Waals surface area contributed by atoms with Crippen LogP contribution in [0.2, 0.25) is 0 Å². The van der Waals surface area contributed by atoms with Crippen LogP contribution in [-0.2, 0) is 25.9 Å². The Balaban J connectivity index is 1.39. The number of aromatic nitrogens is 4. The number of carbonyl (C=O) groups excluding carboxylic acids is 2. The number of nitrogens with one attached hydrogen (secondary N) is 2. The fraction of sp³-hybridized carbons (Fsp3) is 0.375. The molecule has 0 spiro atoms. The van der Waals surface area contributed by atoms with Gasteiger partial charge < -0.3 is 24.8 Å². The van der Waals surface area contributed by atoms with E-state index in [4.69, 9.17) is 4.74 Å². The van der Waals surface area contributed by atoms with E-state index in [9.17, 15) is 9.59 Å². The Morgan fingerprint density at radius 3 is 2.82 bits per heavy atom. The molecule has 2 N–H and O–H groups in total. The van der Waals surface area contributed by atoms with Crippen LogP contribution >= 0.6 is 0 Å². The molecule has 0 fully saturated rings. The van der Waals surface area contributed by atoms with Crippen LogP contribution in [0.4, 0.5) is 10.6 Å². The van der Waals surface area contributed by atoms with E-state index in [1.807, 2.05) is 31.2 Å². The Labute approximate surface area is 197 Å². The molecule has 34 heavy (non-hydrogen) atoms. The molecule has 176 valence electrons. The monoisotopic (exact) mass is 461 g/mol. The van der Waals surface area contributed by atoms with Crippen molar-refractivity contribution >= 4 is 17.8 Å². The largest absolute Gasteiger partial charge is 0.496 e. The summed E-state index contributed by atoms with van der Waals surface area (Å²) in [6.07, 6.45) is 2.67. The molecular formula is C24H27N7O3. The Morgan fingerprint density at radius 1 is 1.12 bits per heavy atom. The summed E-state index contributed by atoms with van der Waals surface area (Å²) in [6, 6.07) is 9.04. The molecule has 0 atom stereocenters. The zero-order valence-electron chi connectivity index (χ0n) is 19.3. The summed E-state index contributed by atoms with van der Waals surface area (Å²) in [5.74, 6) is 2.26. The van der Waals surface area contributed by atoms with Gasteiger partial charge in [0.25, 0.3) is 5.91 Å². The second-order valence-corrected chi connectivity index (χ2v) is 8.39. The highest BCUT2D eigenvalue weighted by Crippen LogP contribution is 2.29. The number of ether oxygens (including phenoxy) is 1. The lowest BCUT2D eigenvalue weighted by molar-refractivity contribution is 0.102. The summed E-state index contributed by atoms with van der Waals surface area (Å²) in [7, 11) is 1.55. The lowest BCUT2D eigenvalue weighted by Gasteiger charge is -2.29. The minimum atomic E-state index is -0.328. The number of benzene rings is 1. The molecule has 0 radical (unpaired) electrons. The van der Waals surface area contributed by atoms with Gasteiger partial charge in [-0.1, -0.05) is 6.07 Å². The molecule has 3 amide bonds. The van der Waals surface area contributed by atoms with Gasteiger partial charge in [0.1, 0.15) is 23.1 Å². The van der Waals surface area contributed by atoms with Gasteiger partial charge in [0, 0.05) is 32.6 Å². The highest BCUT2D eigenvalue weighted by molar-refractivity contribution is 6.06. The van der Waals surface area contributed by atoms with Crippen LogP contribution < -0.4 is 15.4 Å². The van der Waals surface area contributed by atoms with Gasteiger partial charge in [0.05, 0.1) is 12.7 Å². The normalized spacial score (nSPS) is 14.4. The van der Waals surface area contributed by atoms with Crippen LogP contribution in [0.3, 0.4) is 0 Å². The molecule has 1 aromatic carbocycles. The Kier molecular flexibility index (Phi) is 5.87. The van der Waals surface area contributed by atoms with Crippen LogP contribution in [0.5, 0.6) is 5.75 Å². The van der Waals surface area contributed by atoms with E-state index in [2.05, 4.69) is 30.4 Å². The van der Waals surface area contributed by atoms with Crippen LogP contribution in [0.1, 0.15) is 40.7 Å². The number of rotatable bonds is 5. The summed E-state index contributed by atoms with van der Waals surface area (Å²) in [5.41, 5.74) is 3.07. The molecule has 0 saturated carbocycles. The van der Waals surface area contributed by atoms with Gasteiger partial charge in [0.2, 0.25) is 0 Å². The summed E-state index contributed by atoms with van der Waals surface area (Å²) < 4.78 is 7.59. The average molecular weight is 462 g/mol. The first-order chi connectivity index (χ1) is 16.6. The maximum absolute atomic E-state index is 13.2. The second-order valence-electron chi connectivity index (χ2n) is 8.39. The van der Waals surface area contributed by atoms with Gasteiger partial charge in [-0.3, -0.25) is 4.79 Å². The fourth-order valence-electron chi connectivity index (χ4n) is 4.52. The molecule has 4 heterocycles. The molecule has 3 aromatic rings. The molecule has 0 bridgehead atoms. The Morgan fingerprint density at radius 2 is 2.00 bits per heavy atom. The van der Waals surface area contributed by atoms with E-state index in [0.717, 1.165) is 36.3 Å².